The monoisotopic (exact) mass is 168 g/mol. The Kier molecular flexibility index (Phi) is 3.32. The molecule has 1 aliphatic rings. The van der Waals surface area contributed by atoms with Gasteiger partial charge in [0.2, 0.25) is 0 Å². The van der Waals surface area contributed by atoms with Gasteiger partial charge >= 0.3 is 5.97 Å². The second-order valence-electron chi connectivity index (χ2n) is 3.05. The lowest BCUT2D eigenvalue weighted by Crippen LogP contribution is -2.07. The van der Waals surface area contributed by atoms with Crippen LogP contribution in [0.5, 0.6) is 0 Å². The first kappa shape index (κ1) is 9.30. The molecule has 68 valence electrons. The number of hydrogen-bond donors (Lipinski definition) is 0. The Morgan fingerprint density at radius 1 is 1.42 bits per heavy atom. The molecule has 0 radical (unpaired) electrons. The summed E-state index contributed by atoms with van der Waals surface area (Å²) in [6.07, 6.45) is 4.12. The molecule has 0 spiro atoms. The van der Waals surface area contributed by atoms with Gasteiger partial charge in [-0.25, -0.2) is 4.79 Å². The van der Waals surface area contributed by atoms with Gasteiger partial charge in [0.25, 0.3) is 0 Å². The number of carbonyl (C=O) groups excluding carboxylic acids is 1. The lowest BCUT2D eigenvalue weighted by molar-refractivity contribution is -0.138. The van der Waals surface area contributed by atoms with Crippen LogP contribution < -0.4 is 0 Å². The lowest BCUT2D eigenvalue weighted by Gasteiger charge is -2.04. The third-order valence-electron chi connectivity index (χ3n) is 1.95. The lowest BCUT2D eigenvalue weighted by atomic mass is 10.1. The van der Waals surface area contributed by atoms with Crippen LogP contribution in [0.15, 0.2) is 11.1 Å². The Bertz CT molecular complexity index is 198. The van der Waals surface area contributed by atoms with Gasteiger partial charge in [-0.05, 0) is 26.2 Å². The maximum absolute atomic E-state index is 11.3. The zero-order valence-electron chi connectivity index (χ0n) is 7.85. The summed E-state index contributed by atoms with van der Waals surface area (Å²) >= 11 is 0. The summed E-state index contributed by atoms with van der Waals surface area (Å²) in [6.45, 7) is 4.42. The van der Waals surface area contributed by atoms with Gasteiger partial charge in [0, 0.05) is 5.57 Å². The molecule has 12 heavy (non-hydrogen) atoms. The van der Waals surface area contributed by atoms with Crippen molar-refractivity contribution in [3.8, 4) is 0 Å². The van der Waals surface area contributed by atoms with E-state index in [9.17, 15) is 4.79 Å². The Labute approximate surface area is 73.6 Å². The normalized spacial score (nSPS) is 14.3. The average molecular weight is 168 g/mol. The van der Waals surface area contributed by atoms with E-state index in [1.165, 1.54) is 5.57 Å². The van der Waals surface area contributed by atoms with Crippen LogP contribution in [0.3, 0.4) is 0 Å². The molecular weight excluding hydrogens is 152 g/mol. The van der Waals surface area contributed by atoms with Crippen LogP contribution >= 0.6 is 0 Å². The molecule has 0 unspecified atom stereocenters. The van der Waals surface area contributed by atoms with Crippen LogP contribution in [0.2, 0.25) is 0 Å². The minimum absolute atomic E-state index is 0.0909. The zero-order chi connectivity index (χ0) is 8.97. The highest BCUT2D eigenvalue weighted by Crippen LogP contribution is 2.33. The highest BCUT2D eigenvalue weighted by Gasteiger charge is 2.22. The molecule has 0 aliphatic heterocycles. The van der Waals surface area contributed by atoms with E-state index in [2.05, 4.69) is 6.92 Å². The van der Waals surface area contributed by atoms with Gasteiger partial charge in [-0.1, -0.05) is 18.9 Å². The summed E-state index contributed by atoms with van der Waals surface area (Å²) in [5, 5.41) is 0. The fourth-order valence-electron chi connectivity index (χ4n) is 1.26. The molecule has 0 heterocycles. The van der Waals surface area contributed by atoms with Crippen molar-refractivity contribution in [2.24, 2.45) is 0 Å². The van der Waals surface area contributed by atoms with Crippen molar-refractivity contribution < 1.29 is 9.53 Å². The summed E-state index contributed by atoms with van der Waals surface area (Å²) in [7, 11) is 0. The van der Waals surface area contributed by atoms with Crippen LogP contribution in [-0.2, 0) is 9.53 Å². The molecule has 2 heteroatoms. The molecule has 2 nitrogen and oxygen atoms in total. The van der Waals surface area contributed by atoms with Crippen LogP contribution in [0.25, 0.3) is 0 Å². The molecule has 0 aromatic heterocycles. The second kappa shape index (κ2) is 4.29. The summed E-state index contributed by atoms with van der Waals surface area (Å²) in [6, 6.07) is 0. The standard InChI is InChI=1S/C10H16O2/c1-3-5-9(8-6-7-8)10(11)12-4-2/h3-7H2,1-2H3. The zero-order valence-corrected chi connectivity index (χ0v) is 7.85. The second-order valence-corrected chi connectivity index (χ2v) is 3.05. The molecule has 0 N–H and O–H groups in total. The van der Waals surface area contributed by atoms with Crippen LogP contribution in [0.4, 0.5) is 0 Å². The van der Waals surface area contributed by atoms with Gasteiger partial charge in [-0.2, -0.15) is 0 Å². The van der Waals surface area contributed by atoms with Gasteiger partial charge in [0.1, 0.15) is 0 Å². The van der Waals surface area contributed by atoms with Crippen LogP contribution in [0, 0.1) is 0 Å². The topological polar surface area (TPSA) is 26.3 Å². The van der Waals surface area contributed by atoms with E-state index in [0.717, 1.165) is 31.3 Å². The quantitative estimate of drug-likeness (QED) is 0.476. The minimum Gasteiger partial charge on any atom is -0.463 e. The summed E-state index contributed by atoms with van der Waals surface area (Å²) in [5.41, 5.74) is 2.26. The van der Waals surface area contributed by atoms with E-state index in [1.807, 2.05) is 6.92 Å². The average Bonchev–Trinajstić information content (AvgIpc) is 2.83. The first-order valence-electron chi connectivity index (χ1n) is 4.67. The molecule has 0 saturated heterocycles. The highest BCUT2D eigenvalue weighted by molar-refractivity contribution is 5.90. The number of ether oxygens (including phenoxy) is 1. The number of allylic oxidation sites excluding steroid dienone is 1. The fraction of sp³-hybridized carbons (Fsp3) is 0.700. The van der Waals surface area contributed by atoms with Gasteiger partial charge in [-0.3, -0.25) is 0 Å². The smallest absolute Gasteiger partial charge is 0.333 e. The SMILES string of the molecule is CCCC(C(=O)OCC)=C1CC1. The number of hydrogen-bond acceptors (Lipinski definition) is 2. The van der Waals surface area contributed by atoms with Gasteiger partial charge < -0.3 is 4.74 Å². The predicted octanol–water partition coefficient (Wildman–Crippen LogP) is 2.44. The van der Waals surface area contributed by atoms with Crippen molar-refractivity contribution >= 4 is 5.97 Å². The van der Waals surface area contributed by atoms with E-state index < -0.39 is 0 Å². The van der Waals surface area contributed by atoms with Crippen LogP contribution in [-0.4, -0.2) is 12.6 Å². The summed E-state index contributed by atoms with van der Waals surface area (Å²) in [4.78, 5) is 11.3. The first-order valence-corrected chi connectivity index (χ1v) is 4.67. The third-order valence-corrected chi connectivity index (χ3v) is 1.95. The Balaban J connectivity index is 2.54. The molecular formula is C10H16O2. The van der Waals surface area contributed by atoms with E-state index in [-0.39, 0.29) is 5.97 Å². The first-order chi connectivity index (χ1) is 5.79. The minimum atomic E-state index is -0.0909. The van der Waals surface area contributed by atoms with Crippen molar-refractivity contribution in [1.82, 2.24) is 0 Å². The van der Waals surface area contributed by atoms with E-state index in [1.54, 1.807) is 0 Å². The number of esters is 1. The summed E-state index contributed by atoms with van der Waals surface area (Å²) < 4.78 is 4.96. The van der Waals surface area contributed by atoms with E-state index >= 15 is 0 Å². The molecule has 1 saturated carbocycles. The number of rotatable bonds is 4. The molecule has 0 aromatic rings. The largest absolute Gasteiger partial charge is 0.463 e. The Hall–Kier alpha value is -0.790. The highest BCUT2D eigenvalue weighted by atomic mass is 16.5. The Morgan fingerprint density at radius 2 is 2.08 bits per heavy atom. The van der Waals surface area contributed by atoms with E-state index in [0.29, 0.717) is 6.61 Å². The van der Waals surface area contributed by atoms with Crippen molar-refractivity contribution in [2.75, 3.05) is 6.61 Å². The van der Waals surface area contributed by atoms with Crippen LogP contribution in [0.1, 0.15) is 39.5 Å². The van der Waals surface area contributed by atoms with Crippen molar-refractivity contribution in [3.63, 3.8) is 0 Å². The predicted molar refractivity (Wildman–Crippen MR) is 47.8 cm³/mol. The fourth-order valence-corrected chi connectivity index (χ4v) is 1.26. The molecule has 1 aliphatic carbocycles. The van der Waals surface area contributed by atoms with Gasteiger partial charge in [-0.15, -0.1) is 0 Å². The van der Waals surface area contributed by atoms with Crippen molar-refractivity contribution in [2.45, 2.75) is 39.5 Å². The molecule has 0 aromatic carbocycles. The van der Waals surface area contributed by atoms with Crippen molar-refractivity contribution in [3.05, 3.63) is 11.1 Å². The summed E-state index contributed by atoms with van der Waals surface area (Å²) in [5.74, 6) is -0.0909. The molecule has 1 fully saturated rings. The maximum Gasteiger partial charge on any atom is 0.333 e. The van der Waals surface area contributed by atoms with E-state index in [4.69, 9.17) is 4.74 Å². The molecule has 1 rings (SSSR count). The Morgan fingerprint density at radius 3 is 2.50 bits per heavy atom. The number of carbonyl (C=O) groups is 1. The van der Waals surface area contributed by atoms with Gasteiger partial charge in [0.15, 0.2) is 0 Å². The third kappa shape index (κ3) is 2.36. The van der Waals surface area contributed by atoms with Gasteiger partial charge in [0.05, 0.1) is 6.61 Å². The maximum atomic E-state index is 11.3. The molecule has 0 amide bonds. The molecule has 0 bridgehead atoms. The molecule has 0 atom stereocenters. The van der Waals surface area contributed by atoms with Crippen molar-refractivity contribution in [1.29, 1.82) is 0 Å².